The summed E-state index contributed by atoms with van der Waals surface area (Å²) in [5.74, 6) is -0.446. The van der Waals surface area contributed by atoms with E-state index in [0.717, 1.165) is 9.35 Å². The van der Waals surface area contributed by atoms with Gasteiger partial charge in [-0.05, 0) is 39.5 Å². The normalized spacial score (nSPS) is 10.4. The van der Waals surface area contributed by atoms with E-state index in [1.54, 1.807) is 12.1 Å². The van der Waals surface area contributed by atoms with Gasteiger partial charge in [0.15, 0.2) is 5.78 Å². The Kier molecular flexibility index (Phi) is 3.51. The SMILES string of the molecule is O=C(Cc1sccc1Br)c1cccc(F)c1. The number of thiophene rings is 1. The highest BCUT2D eigenvalue weighted by Gasteiger charge is 2.10. The number of rotatable bonds is 3. The lowest BCUT2D eigenvalue weighted by molar-refractivity contribution is 0.0993. The molecule has 4 heteroatoms. The molecule has 0 bridgehead atoms. The minimum absolute atomic E-state index is 0.0670. The minimum atomic E-state index is -0.379. The van der Waals surface area contributed by atoms with Gasteiger partial charge in [-0.1, -0.05) is 12.1 Å². The van der Waals surface area contributed by atoms with Crippen molar-refractivity contribution in [1.29, 1.82) is 0 Å². The van der Waals surface area contributed by atoms with Gasteiger partial charge in [0.2, 0.25) is 0 Å². The number of Topliss-reactive ketones (excluding diaryl/α,β-unsaturated/α-hetero) is 1. The number of carbonyl (C=O) groups is 1. The fourth-order valence-electron chi connectivity index (χ4n) is 1.36. The molecule has 0 radical (unpaired) electrons. The van der Waals surface area contributed by atoms with Crippen molar-refractivity contribution in [3.05, 3.63) is 56.4 Å². The molecule has 0 saturated heterocycles. The van der Waals surface area contributed by atoms with Crippen LogP contribution in [0.25, 0.3) is 0 Å². The molecule has 0 fully saturated rings. The molecular weight excluding hydrogens is 291 g/mol. The predicted octanol–water partition coefficient (Wildman–Crippen LogP) is 4.08. The average Bonchev–Trinajstić information content (AvgIpc) is 2.64. The molecule has 1 nitrogen and oxygen atoms in total. The van der Waals surface area contributed by atoms with Crippen molar-refractivity contribution in [2.75, 3.05) is 0 Å². The molecule has 0 saturated carbocycles. The predicted molar refractivity (Wildman–Crippen MR) is 66.5 cm³/mol. The number of carbonyl (C=O) groups excluding carboxylic acids is 1. The Bertz CT molecular complexity index is 521. The number of hydrogen-bond acceptors (Lipinski definition) is 2. The summed E-state index contributed by atoms with van der Waals surface area (Å²) in [6.45, 7) is 0. The third-order valence-corrected chi connectivity index (χ3v) is 4.09. The zero-order chi connectivity index (χ0) is 11.5. The first-order chi connectivity index (χ1) is 7.66. The topological polar surface area (TPSA) is 17.1 Å². The maximum Gasteiger partial charge on any atom is 0.168 e. The fourth-order valence-corrected chi connectivity index (χ4v) is 2.85. The zero-order valence-corrected chi connectivity index (χ0v) is 10.6. The molecule has 0 atom stereocenters. The molecule has 0 amide bonds. The van der Waals surface area contributed by atoms with Crippen LogP contribution in [0.5, 0.6) is 0 Å². The van der Waals surface area contributed by atoms with E-state index in [2.05, 4.69) is 15.9 Å². The highest BCUT2D eigenvalue weighted by Crippen LogP contribution is 2.24. The quantitative estimate of drug-likeness (QED) is 0.781. The van der Waals surface area contributed by atoms with Gasteiger partial charge >= 0.3 is 0 Å². The molecule has 2 rings (SSSR count). The smallest absolute Gasteiger partial charge is 0.168 e. The van der Waals surface area contributed by atoms with Gasteiger partial charge in [-0.15, -0.1) is 11.3 Å². The van der Waals surface area contributed by atoms with Crippen LogP contribution in [0.3, 0.4) is 0 Å². The summed E-state index contributed by atoms with van der Waals surface area (Å²) < 4.78 is 13.9. The second-order valence-corrected chi connectivity index (χ2v) is 5.16. The van der Waals surface area contributed by atoms with Crippen molar-refractivity contribution in [2.24, 2.45) is 0 Å². The van der Waals surface area contributed by atoms with Gasteiger partial charge in [-0.3, -0.25) is 4.79 Å². The van der Waals surface area contributed by atoms with Gasteiger partial charge in [0, 0.05) is 21.3 Å². The molecule has 0 aliphatic rings. The van der Waals surface area contributed by atoms with Crippen LogP contribution < -0.4 is 0 Å². The number of hydrogen-bond donors (Lipinski definition) is 0. The van der Waals surface area contributed by atoms with Gasteiger partial charge in [-0.25, -0.2) is 4.39 Å². The molecule has 0 N–H and O–H groups in total. The molecule has 1 aromatic carbocycles. The zero-order valence-electron chi connectivity index (χ0n) is 8.24. The first kappa shape index (κ1) is 11.5. The molecule has 1 heterocycles. The molecule has 16 heavy (non-hydrogen) atoms. The lowest BCUT2D eigenvalue weighted by Gasteiger charge is -2.00. The van der Waals surface area contributed by atoms with Crippen molar-refractivity contribution in [3.8, 4) is 0 Å². The van der Waals surface area contributed by atoms with Gasteiger partial charge in [0.25, 0.3) is 0 Å². The van der Waals surface area contributed by atoms with Crippen molar-refractivity contribution < 1.29 is 9.18 Å². The molecule has 2 aromatic rings. The second-order valence-electron chi connectivity index (χ2n) is 3.30. The standard InChI is InChI=1S/C12H8BrFOS/c13-10-4-5-16-12(10)7-11(15)8-2-1-3-9(14)6-8/h1-6H,7H2. The summed E-state index contributed by atoms with van der Waals surface area (Å²) >= 11 is 4.88. The van der Waals surface area contributed by atoms with E-state index in [1.807, 2.05) is 11.4 Å². The molecule has 1 aromatic heterocycles. The highest BCUT2D eigenvalue weighted by molar-refractivity contribution is 9.10. The Morgan fingerprint density at radius 2 is 2.19 bits per heavy atom. The van der Waals surface area contributed by atoms with Crippen LogP contribution in [0, 0.1) is 5.82 Å². The molecule has 0 unspecified atom stereocenters. The van der Waals surface area contributed by atoms with E-state index < -0.39 is 0 Å². The van der Waals surface area contributed by atoms with Crippen LogP contribution in [0.15, 0.2) is 40.2 Å². The van der Waals surface area contributed by atoms with Gasteiger partial charge in [0.05, 0.1) is 0 Å². The summed E-state index contributed by atoms with van der Waals surface area (Å²) in [6.07, 6.45) is 0.307. The third-order valence-electron chi connectivity index (χ3n) is 2.16. The minimum Gasteiger partial charge on any atom is -0.294 e. The Balaban J connectivity index is 2.18. The van der Waals surface area contributed by atoms with Crippen LogP contribution in [0.2, 0.25) is 0 Å². The summed E-state index contributed by atoms with van der Waals surface area (Å²) in [7, 11) is 0. The van der Waals surface area contributed by atoms with E-state index in [-0.39, 0.29) is 11.6 Å². The summed E-state index contributed by atoms with van der Waals surface area (Å²) in [6, 6.07) is 7.68. The molecule has 82 valence electrons. The fraction of sp³-hybridized carbons (Fsp3) is 0.0833. The molecular formula is C12H8BrFOS. The van der Waals surface area contributed by atoms with Gasteiger partial charge in [-0.2, -0.15) is 0 Å². The largest absolute Gasteiger partial charge is 0.294 e. The van der Waals surface area contributed by atoms with E-state index in [1.165, 1.54) is 23.5 Å². The third kappa shape index (κ3) is 2.57. The average molecular weight is 299 g/mol. The monoisotopic (exact) mass is 298 g/mol. The lowest BCUT2D eigenvalue weighted by Crippen LogP contribution is -2.02. The van der Waals surface area contributed by atoms with Gasteiger partial charge in [0.1, 0.15) is 5.82 Å². The Labute approximate surface area is 105 Å². The van der Waals surface area contributed by atoms with Crippen molar-refractivity contribution in [2.45, 2.75) is 6.42 Å². The molecule has 0 aliphatic heterocycles. The molecule has 0 aliphatic carbocycles. The molecule has 0 spiro atoms. The second kappa shape index (κ2) is 4.89. The number of benzene rings is 1. The summed E-state index contributed by atoms with van der Waals surface area (Å²) in [5.41, 5.74) is 0.417. The maximum atomic E-state index is 12.9. The lowest BCUT2D eigenvalue weighted by atomic mass is 10.1. The van der Waals surface area contributed by atoms with Crippen molar-refractivity contribution >= 4 is 33.0 Å². The Morgan fingerprint density at radius 3 is 2.81 bits per heavy atom. The van der Waals surface area contributed by atoms with E-state index in [9.17, 15) is 9.18 Å². The van der Waals surface area contributed by atoms with E-state index >= 15 is 0 Å². The Hall–Kier alpha value is -1.00. The van der Waals surface area contributed by atoms with Crippen molar-refractivity contribution in [1.82, 2.24) is 0 Å². The summed E-state index contributed by atoms with van der Waals surface area (Å²) in [4.78, 5) is 12.8. The van der Waals surface area contributed by atoms with Gasteiger partial charge < -0.3 is 0 Å². The maximum absolute atomic E-state index is 12.9. The summed E-state index contributed by atoms with van der Waals surface area (Å²) in [5, 5.41) is 1.91. The first-order valence-corrected chi connectivity index (χ1v) is 6.35. The number of halogens is 2. The Morgan fingerprint density at radius 1 is 1.38 bits per heavy atom. The van der Waals surface area contributed by atoms with Crippen LogP contribution in [0.1, 0.15) is 15.2 Å². The highest BCUT2D eigenvalue weighted by atomic mass is 79.9. The van der Waals surface area contributed by atoms with Crippen LogP contribution in [-0.4, -0.2) is 5.78 Å². The van der Waals surface area contributed by atoms with Crippen LogP contribution in [-0.2, 0) is 6.42 Å². The first-order valence-electron chi connectivity index (χ1n) is 4.67. The van der Waals surface area contributed by atoms with E-state index in [4.69, 9.17) is 0 Å². The number of ketones is 1. The van der Waals surface area contributed by atoms with Crippen LogP contribution in [0.4, 0.5) is 4.39 Å². The van der Waals surface area contributed by atoms with Crippen molar-refractivity contribution in [3.63, 3.8) is 0 Å². The van der Waals surface area contributed by atoms with Crippen LogP contribution >= 0.6 is 27.3 Å². The van der Waals surface area contributed by atoms with E-state index in [0.29, 0.717) is 12.0 Å².